The lowest BCUT2D eigenvalue weighted by Gasteiger charge is -1.86. The number of thiophene rings is 2. The molecule has 7 heteroatoms. The third kappa shape index (κ3) is 6.94. The SMILES string of the molecule is O=C(O)Cc1ccc(Cl)s1.OCCc1ccc(Cl)s1. The Hall–Kier alpha value is -0.590. The summed E-state index contributed by atoms with van der Waals surface area (Å²) in [6, 6.07) is 7.20. The van der Waals surface area contributed by atoms with Gasteiger partial charge in [0, 0.05) is 22.8 Å². The second-order valence-corrected chi connectivity index (χ2v) is 7.06. The molecule has 0 fully saturated rings. The van der Waals surface area contributed by atoms with Crippen LogP contribution in [0.4, 0.5) is 0 Å². The van der Waals surface area contributed by atoms with Crippen molar-refractivity contribution in [1.82, 2.24) is 0 Å². The highest BCUT2D eigenvalue weighted by atomic mass is 35.5. The Morgan fingerprint density at radius 3 is 1.95 bits per heavy atom. The molecule has 0 atom stereocenters. The molecule has 0 saturated heterocycles. The molecule has 2 N–H and O–H groups in total. The molecule has 0 saturated carbocycles. The van der Waals surface area contributed by atoms with Gasteiger partial charge >= 0.3 is 5.97 Å². The molecular formula is C12H12Cl2O3S2. The van der Waals surface area contributed by atoms with Crippen molar-refractivity contribution in [3.05, 3.63) is 42.7 Å². The van der Waals surface area contributed by atoms with E-state index in [1.165, 1.54) is 22.7 Å². The molecule has 2 rings (SSSR count). The third-order valence-corrected chi connectivity index (χ3v) is 4.46. The molecule has 2 aromatic heterocycles. The third-order valence-electron chi connectivity index (χ3n) is 1.94. The van der Waals surface area contributed by atoms with Crippen molar-refractivity contribution in [1.29, 1.82) is 0 Å². The summed E-state index contributed by atoms with van der Waals surface area (Å²) in [5.74, 6) is -0.821. The number of hydrogen-bond donors (Lipinski definition) is 2. The van der Waals surface area contributed by atoms with Crippen LogP contribution in [-0.4, -0.2) is 22.8 Å². The second kappa shape index (κ2) is 8.55. The molecule has 2 heterocycles. The van der Waals surface area contributed by atoms with Crippen molar-refractivity contribution in [2.24, 2.45) is 0 Å². The van der Waals surface area contributed by atoms with Gasteiger partial charge in [-0.1, -0.05) is 23.2 Å². The van der Waals surface area contributed by atoms with E-state index in [2.05, 4.69) is 0 Å². The first-order chi connectivity index (χ1) is 9.01. The van der Waals surface area contributed by atoms with E-state index < -0.39 is 5.97 Å². The molecule has 0 spiro atoms. The van der Waals surface area contributed by atoms with Gasteiger partial charge in [0.25, 0.3) is 0 Å². The number of halogens is 2. The minimum atomic E-state index is -0.821. The summed E-state index contributed by atoms with van der Waals surface area (Å²) in [6.07, 6.45) is 0.786. The summed E-state index contributed by atoms with van der Waals surface area (Å²) in [5.41, 5.74) is 0. The lowest BCUT2D eigenvalue weighted by atomic mass is 10.3. The van der Waals surface area contributed by atoms with E-state index in [4.69, 9.17) is 33.4 Å². The quantitative estimate of drug-likeness (QED) is 0.886. The van der Waals surface area contributed by atoms with Crippen LogP contribution in [0.25, 0.3) is 0 Å². The largest absolute Gasteiger partial charge is 0.481 e. The summed E-state index contributed by atoms with van der Waals surface area (Å²) in [5, 5.41) is 16.8. The van der Waals surface area contributed by atoms with E-state index in [9.17, 15) is 4.79 Å². The molecular weight excluding hydrogens is 327 g/mol. The van der Waals surface area contributed by atoms with Crippen molar-refractivity contribution in [3.8, 4) is 0 Å². The summed E-state index contributed by atoms with van der Waals surface area (Å²) < 4.78 is 1.43. The van der Waals surface area contributed by atoms with Crippen LogP contribution in [0, 0.1) is 0 Å². The second-order valence-electron chi connectivity index (χ2n) is 3.46. The average Bonchev–Trinajstić information content (AvgIpc) is 2.89. The van der Waals surface area contributed by atoms with E-state index in [1.807, 2.05) is 12.1 Å². The number of carboxylic acid groups (broad SMARTS) is 1. The van der Waals surface area contributed by atoms with Crippen molar-refractivity contribution in [3.63, 3.8) is 0 Å². The Balaban J connectivity index is 0.000000191. The Bertz CT molecular complexity index is 523. The normalized spacial score (nSPS) is 9.84. The zero-order chi connectivity index (χ0) is 14.3. The van der Waals surface area contributed by atoms with Crippen LogP contribution in [0.5, 0.6) is 0 Å². The fraction of sp³-hybridized carbons (Fsp3) is 0.250. The van der Waals surface area contributed by atoms with Crippen LogP contribution in [0.3, 0.4) is 0 Å². The molecule has 0 radical (unpaired) electrons. The number of carbonyl (C=O) groups is 1. The predicted octanol–water partition coefficient (Wildman–Crippen LogP) is 3.96. The van der Waals surface area contributed by atoms with Crippen LogP contribution >= 0.6 is 45.9 Å². The number of aliphatic hydroxyl groups is 1. The number of carboxylic acids is 1. The lowest BCUT2D eigenvalue weighted by molar-refractivity contribution is -0.136. The molecule has 0 bridgehead atoms. The van der Waals surface area contributed by atoms with Crippen LogP contribution in [0.15, 0.2) is 24.3 Å². The maximum Gasteiger partial charge on any atom is 0.308 e. The van der Waals surface area contributed by atoms with Gasteiger partial charge in [-0.05, 0) is 24.3 Å². The van der Waals surface area contributed by atoms with Crippen LogP contribution in [0.2, 0.25) is 8.67 Å². The first-order valence-electron chi connectivity index (χ1n) is 5.32. The van der Waals surface area contributed by atoms with E-state index in [0.29, 0.717) is 4.34 Å². The van der Waals surface area contributed by atoms with Crippen molar-refractivity contribution >= 4 is 51.8 Å². The highest BCUT2D eigenvalue weighted by Gasteiger charge is 2.02. The zero-order valence-electron chi connectivity index (χ0n) is 9.81. The first kappa shape index (κ1) is 16.5. The molecule has 0 aromatic carbocycles. The highest BCUT2D eigenvalue weighted by Crippen LogP contribution is 2.22. The minimum Gasteiger partial charge on any atom is -0.481 e. The van der Waals surface area contributed by atoms with Gasteiger partial charge in [0.2, 0.25) is 0 Å². The zero-order valence-corrected chi connectivity index (χ0v) is 13.0. The molecule has 19 heavy (non-hydrogen) atoms. The first-order valence-corrected chi connectivity index (χ1v) is 7.71. The molecule has 0 aliphatic carbocycles. The van der Waals surface area contributed by atoms with E-state index >= 15 is 0 Å². The maximum absolute atomic E-state index is 10.1. The highest BCUT2D eigenvalue weighted by molar-refractivity contribution is 7.16. The van der Waals surface area contributed by atoms with Crippen LogP contribution in [-0.2, 0) is 17.6 Å². The van der Waals surface area contributed by atoms with Crippen molar-refractivity contribution < 1.29 is 15.0 Å². The van der Waals surface area contributed by atoms with Gasteiger partial charge in [0.15, 0.2) is 0 Å². The van der Waals surface area contributed by atoms with Gasteiger partial charge in [-0.3, -0.25) is 4.79 Å². The van der Waals surface area contributed by atoms with E-state index in [-0.39, 0.29) is 13.0 Å². The van der Waals surface area contributed by atoms with Gasteiger partial charge in [0.1, 0.15) is 0 Å². The van der Waals surface area contributed by atoms with Gasteiger partial charge in [0.05, 0.1) is 15.1 Å². The molecule has 0 aliphatic heterocycles. The van der Waals surface area contributed by atoms with Crippen LogP contribution in [0.1, 0.15) is 9.75 Å². The standard InChI is InChI=1S/C6H5ClO2S.C6H7ClOS/c7-5-2-1-4(10-5)3-6(8)9;7-6-2-1-5(9-6)3-4-8/h1-2H,3H2,(H,8,9);1-2,8H,3-4H2. The maximum atomic E-state index is 10.1. The fourth-order valence-electron chi connectivity index (χ4n) is 1.19. The summed E-state index contributed by atoms with van der Waals surface area (Å²) in [6.45, 7) is 0.205. The number of rotatable bonds is 4. The molecule has 0 aliphatic rings. The molecule has 0 amide bonds. The molecule has 3 nitrogen and oxygen atoms in total. The molecule has 0 unspecified atom stereocenters. The fourth-order valence-corrected chi connectivity index (χ4v) is 3.35. The smallest absolute Gasteiger partial charge is 0.308 e. The molecule has 2 aromatic rings. The average molecular weight is 339 g/mol. The summed E-state index contributed by atoms with van der Waals surface area (Å²) in [4.78, 5) is 12.1. The number of hydrogen-bond acceptors (Lipinski definition) is 4. The Kier molecular flexibility index (Phi) is 7.41. The lowest BCUT2D eigenvalue weighted by Crippen LogP contribution is -1.96. The Morgan fingerprint density at radius 2 is 1.58 bits per heavy atom. The number of aliphatic carboxylic acids is 1. The van der Waals surface area contributed by atoms with Gasteiger partial charge in [-0.25, -0.2) is 0 Å². The van der Waals surface area contributed by atoms with E-state index in [1.54, 1.807) is 12.1 Å². The summed E-state index contributed by atoms with van der Waals surface area (Å²) in [7, 11) is 0. The van der Waals surface area contributed by atoms with Gasteiger partial charge < -0.3 is 10.2 Å². The Labute approximate surface area is 129 Å². The van der Waals surface area contributed by atoms with Crippen molar-refractivity contribution in [2.45, 2.75) is 12.8 Å². The monoisotopic (exact) mass is 338 g/mol. The van der Waals surface area contributed by atoms with Gasteiger partial charge in [-0.2, -0.15) is 0 Å². The van der Waals surface area contributed by atoms with Crippen molar-refractivity contribution in [2.75, 3.05) is 6.61 Å². The van der Waals surface area contributed by atoms with Crippen LogP contribution < -0.4 is 0 Å². The molecule has 104 valence electrons. The summed E-state index contributed by atoms with van der Waals surface area (Å²) >= 11 is 14.0. The van der Waals surface area contributed by atoms with E-state index in [0.717, 1.165) is 20.5 Å². The Morgan fingerprint density at radius 1 is 1.05 bits per heavy atom. The number of aliphatic hydroxyl groups excluding tert-OH is 1. The predicted molar refractivity (Wildman–Crippen MR) is 80.8 cm³/mol. The topological polar surface area (TPSA) is 57.5 Å². The minimum absolute atomic E-state index is 0.0669. The van der Waals surface area contributed by atoms with Gasteiger partial charge in [-0.15, -0.1) is 22.7 Å².